The Kier molecular flexibility index (Phi) is 9.16. The number of anilines is 1. The molecular weight excluding hydrogens is 310 g/mol. The second kappa shape index (κ2) is 9.99. The minimum Gasteiger partial charge on any atom is -0.497 e. The average molecular weight is 332 g/mol. The molecule has 0 aliphatic carbocycles. The lowest BCUT2D eigenvalue weighted by molar-refractivity contribution is -0.118. The van der Waals surface area contributed by atoms with Crippen LogP contribution in [0.5, 0.6) is 5.75 Å². The van der Waals surface area contributed by atoms with Crippen molar-refractivity contribution in [2.45, 2.75) is 12.5 Å². The highest BCUT2D eigenvalue weighted by molar-refractivity contribution is 6.04. The second-order valence-electron chi connectivity index (χ2n) is 4.34. The van der Waals surface area contributed by atoms with Crippen LogP contribution >= 0.6 is 12.4 Å². The molecule has 2 amide bonds. The first-order chi connectivity index (χ1) is 10.0. The fourth-order valence-electron chi connectivity index (χ4n) is 1.75. The van der Waals surface area contributed by atoms with Gasteiger partial charge in [0.15, 0.2) is 0 Å². The fraction of sp³-hybridized carbons (Fsp3) is 0.429. The first kappa shape index (κ1) is 20.2. The van der Waals surface area contributed by atoms with E-state index >= 15 is 0 Å². The van der Waals surface area contributed by atoms with Crippen LogP contribution in [0.25, 0.3) is 0 Å². The summed E-state index contributed by atoms with van der Waals surface area (Å²) < 4.78 is 10.1. The number of amides is 2. The van der Waals surface area contributed by atoms with Gasteiger partial charge in [0, 0.05) is 20.7 Å². The zero-order chi connectivity index (χ0) is 15.8. The Morgan fingerprint density at radius 2 is 2.00 bits per heavy atom. The number of nitrogens with two attached hydrogens (primary N) is 1. The molecule has 0 bridgehead atoms. The van der Waals surface area contributed by atoms with Gasteiger partial charge in [-0.3, -0.25) is 9.59 Å². The van der Waals surface area contributed by atoms with Gasteiger partial charge >= 0.3 is 0 Å². The topological polar surface area (TPSA) is 103 Å². The molecule has 0 aliphatic rings. The number of carbonyl (C=O) groups is 2. The van der Waals surface area contributed by atoms with Crippen LogP contribution in [0, 0.1) is 0 Å². The fourth-order valence-corrected chi connectivity index (χ4v) is 1.75. The van der Waals surface area contributed by atoms with Crippen molar-refractivity contribution < 1.29 is 19.1 Å². The summed E-state index contributed by atoms with van der Waals surface area (Å²) in [5.74, 6) is -0.0581. The van der Waals surface area contributed by atoms with Gasteiger partial charge in [0.05, 0.1) is 30.9 Å². The largest absolute Gasteiger partial charge is 0.497 e. The van der Waals surface area contributed by atoms with Crippen molar-refractivity contribution in [3.05, 3.63) is 23.8 Å². The molecule has 0 aliphatic heterocycles. The van der Waals surface area contributed by atoms with Gasteiger partial charge in [-0.05, 0) is 18.2 Å². The molecule has 0 aromatic heterocycles. The van der Waals surface area contributed by atoms with E-state index in [1.807, 2.05) is 0 Å². The number of halogens is 1. The van der Waals surface area contributed by atoms with Gasteiger partial charge in [-0.2, -0.15) is 0 Å². The Bertz CT molecular complexity index is 507. The zero-order valence-electron chi connectivity index (χ0n) is 12.8. The summed E-state index contributed by atoms with van der Waals surface area (Å²) in [5, 5.41) is 5.20. The Morgan fingerprint density at radius 1 is 1.32 bits per heavy atom. The SMILES string of the molecule is CNC(=O)c1cc(OC)ccc1NC(=O)CC(CN)OC.Cl. The van der Waals surface area contributed by atoms with Crippen LogP contribution in [-0.4, -0.2) is 45.7 Å². The Balaban J connectivity index is 0.00000441. The van der Waals surface area contributed by atoms with Crippen LogP contribution in [0.2, 0.25) is 0 Å². The minimum absolute atomic E-state index is 0. The van der Waals surface area contributed by atoms with Crippen LogP contribution in [0.3, 0.4) is 0 Å². The van der Waals surface area contributed by atoms with Gasteiger partial charge in [-0.1, -0.05) is 0 Å². The van der Waals surface area contributed by atoms with Crippen molar-refractivity contribution in [3.8, 4) is 5.75 Å². The van der Waals surface area contributed by atoms with Crippen molar-refractivity contribution in [1.29, 1.82) is 0 Å². The van der Waals surface area contributed by atoms with E-state index in [2.05, 4.69) is 10.6 Å². The van der Waals surface area contributed by atoms with Crippen molar-refractivity contribution in [1.82, 2.24) is 5.32 Å². The number of methoxy groups -OCH3 is 2. The highest BCUT2D eigenvalue weighted by Crippen LogP contribution is 2.22. The zero-order valence-corrected chi connectivity index (χ0v) is 13.7. The summed E-state index contributed by atoms with van der Waals surface area (Å²) in [6.45, 7) is 0.245. The maximum absolute atomic E-state index is 11.9. The summed E-state index contributed by atoms with van der Waals surface area (Å²) in [5.41, 5.74) is 6.21. The number of hydrogen-bond acceptors (Lipinski definition) is 5. The van der Waals surface area contributed by atoms with Crippen LogP contribution in [0.15, 0.2) is 18.2 Å². The summed E-state index contributed by atoms with van der Waals surface area (Å²) >= 11 is 0. The first-order valence-electron chi connectivity index (χ1n) is 6.48. The maximum atomic E-state index is 11.9. The number of benzene rings is 1. The molecule has 0 radical (unpaired) electrons. The first-order valence-corrected chi connectivity index (χ1v) is 6.48. The van der Waals surface area contributed by atoms with Gasteiger partial charge in [0.1, 0.15) is 5.75 Å². The molecule has 7 nitrogen and oxygen atoms in total. The molecule has 0 saturated heterocycles. The quantitative estimate of drug-likeness (QED) is 0.685. The summed E-state index contributed by atoms with van der Waals surface area (Å²) in [6, 6.07) is 4.84. The number of rotatable bonds is 7. The molecule has 1 rings (SSSR count). The van der Waals surface area contributed by atoms with Crippen molar-refractivity contribution in [2.75, 3.05) is 33.1 Å². The number of ether oxygens (including phenoxy) is 2. The lowest BCUT2D eigenvalue weighted by Crippen LogP contribution is -2.29. The molecule has 8 heteroatoms. The van der Waals surface area contributed by atoms with Crippen molar-refractivity contribution in [2.24, 2.45) is 5.73 Å². The van der Waals surface area contributed by atoms with E-state index < -0.39 is 0 Å². The molecule has 0 heterocycles. The smallest absolute Gasteiger partial charge is 0.253 e. The summed E-state index contributed by atoms with van der Waals surface area (Å²) in [4.78, 5) is 23.8. The Hall–Kier alpha value is -1.83. The molecular formula is C14H22ClN3O4. The molecule has 0 saturated carbocycles. The number of nitrogens with one attached hydrogen (secondary N) is 2. The van der Waals surface area contributed by atoms with Gasteiger partial charge < -0.3 is 25.8 Å². The third-order valence-corrected chi connectivity index (χ3v) is 2.98. The maximum Gasteiger partial charge on any atom is 0.253 e. The van der Waals surface area contributed by atoms with E-state index in [0.29, 0.717) is 17.0 Å². The predicted molar refractivity (Wildman–Crippen MR) is 86.7 cm³/mol. The molecule has 1 atom stereocenters. The minimum atomic E-state index is -0.355. The van der Waals surface area contributed by atoms with Crippen LogP contribution in [0.1, 0.15) is 16.8 Å². The summed E-state index contributed by atoms with van der Waals surface area (Å²) in [7, 11) is 4.52. The third kappa shape index (κ3) is 5.51. The van der Waals surface area contributed by atoms with E-state index in [-0.39, 0.29) is 43.3 Å². The molecule has 4 N–H and O–H groups in total. The molecule has 0 fully saturated rings. The molecule has 0 spiro atoms. The molecule has 22 heavy (non-hydrogen) atoms. The van der Waals surface area contributed by atoms with E-state index in [9.17, 15) is 9.59 Å². The van der Waals surface area contributed by atoms with E-state index in [1.54, 1.807) is 18.2 Å². The Morgan fingerprint density at radius 3 is 2.50 bits per heavy atom. The van der Waals surface area contributed by atoms with Crippen LogP contribution in [0.4, 0.5) is 5.69 Å². The highest BCUT2D eigenvalue weighted by Gasteiger charge is 2.16. The predicted octanol–water partition coefficient (Wildman–Crippen LogP) is 0.779. The lowest BCUT2D eigenvalue weighted by atomic mass is 10.1. The Labute approximate surface area is 135 Å². The second-order valence-corrected chi connectivity index (χ2v) is 4.34. The normalized spacial score (nSPS) is 11.1. The third-order valence-electron chi connectivity index (χ3n) is 2.98. The van der Waals surface area contributed by atoms with Crippen molar-refractivity contribution >= 4 is 29.9 Å². The number of carbonyl (C=O) groups excluding carboxylic acids is 2. The van der Waals surface area contributed by atoms with Gasteiger partial charge in [-0.15, -0.1) is 12.4 Å². The standard InChI is InChI=1S/C14H21N3O4.ClH/c1-16-14(19)11-6-9(20-2)4-5-12(11)17-13(18)7-10(8-15)21-3;/h4-6,10H,7-8,15H2,1-3H3,(H,16,19)(H,17,18);1H. The highest BCUT2D eigenvalue weighted by atomic mass is 35.5. The van der Waals surface area contributed by atoms with Crippen LogP contribution in [-0.2, 0) is 9.53 Å². The molecule has 1 unspecified atom stereocenters. The van der Waals surface area contributed by atoms with E-state index in [4.69, 9.17) is 15.2 Å². The molecule has 124 valence electrons. The molecule has 1 aromatic rings. The van der Waals surface area contributed by atoms with E-state index in [1.165, 1.54) is 21.3 Å². The van der Waals surface area contributed by atoms with E-state index in [0.717, 1.165) is 0 Å². The van der Waals surface area contributed by atoms with Gasteiger partial charge in [0.2, 0.25) is 5.91 Å². The van der Waals surface area contributed by atoms with Crippen molar-refractivity contribution in [3.63, 3.8) is 0 Å². The van der Waals surface area contributed by atoms with Gasteiger partial charge in [0.25, 0.3) is 5.91 Å². The number of hydrogen-bond donors (Lipinski definition) is 3. The monoisotopic (exact) mass is 331 g/mol. The lowest BCUT2D eigenvalue weighted by Gasteiger charge is -2.15. The average Bonchev–Trinajstić information content (AvgIpc) is 2.52. The van der Waals surface area contributed by atoms with Crippen LogP contribution < -0.4 is 21.1 Å². The summed E-state index contributed by atoms with van der Waals surface area (Å²) in [6.07, 6.45) is -0.238. The van der Waals surface area contributed by atoms with Gasteiger partial charge in [-0.25, -0.2) is 0 Å². The molecule has 1 aromatic carbocycles.